The zero-order valence-corrected chi connectivity index (χ0v) is 16.0. The average Bonchev–Trinajstić information content (AvgIpc) is 2.77. The van der Waals surface area contributed by atoms with E-state index >= 15 is 0 Å². The molecule has 0 saturated heterocycles. The maximum atomic E-state index is 8.81. The molecule has 3 aromatic rings. The molecule has 1 unspecified atom stereocenters. The molecular formula is C24H27NO2. The Morgan fingerprint density at radius 2 is 1.33 bits per heavy atom. The zero-order chi connectivity index (χ0) is 19.8. The lowest BCUT2D eigenvalue weighted by Crippen LogP contribution is -2.24. The van der Waals surface area contributed by atoms with E-state index in [0.29, 0.717) is 6.54 Å². The molecule has 0 aromatic heterocycles. The molecule has 3 heteroatoms. The third kappa shape index (κ3) is 5.52. The fourth-order valence-electron chi connectivity index (χ4n) is 2.99. The van der Waals surface area contributed by atoms with Crippen LogP contribution in [0.1, 0.15) is 18.9 Å². The molecule has 1 atom stereocenters. The van der Waals surface area contributed by atoms with E-state index in [9.17, 15) is 0 Å². The van der Waals surface area contributed by atoms with Gasteiger partial charge in [-0.05, 0) is 60.4 Å². The highest BCUT2D eigenvalue weighted by molar-refractivity contribution is 5.49. The Bertz CT molecular complexity index is 835. The van der Waals surface area contributed by atoms with Gasteiger partial charge in [-0.3, -0.25) is 0 Å². The van der Waals surface area contributed by atoms with E-state index in [2.05, 4.69) is 29.2 Å². The van der Waals surface area contributed by atoms with Gasteiger partial charge in [0.2, 0.25) is 0 Å². The van der Waals surface area contributed by atoms with Crippen molar-refractivity contribution in [2.45, 2.75) is 19.4 Å². The van der Waals surface area contributed by atoms with E-state index in [1.807, 2.05) is 54.6 Å². The molecule has 3 aromatic carbocycles. The molecule has 27 heavy (non-hydrogen) atoms. The van der Waals surface area contributed by atoms with Gasteiger partial charge < -0.3 is 14.4 Å². The molecule has 140 valence electrons. The molecule has 0 aliphatic carbocycles. The van der Waals surface area contributed by atoms with Crippen molar-refractivity contribution in [2.75, 3.05) is 25.6 Å². The lowest BCUT2D eigenvalue weighted by molar-refractivity contribution is 0.414. The van der Waals surface area contributed by atoms with Gasteiger partial charge in [0.15, 0.2) is 0 Å². The van der Waals surface area contributed by atoms with Crippen LogP contribution in [0.3, 0.4) is 0 Å². The van der Waals surface area contributed by atoms with Gasteiger partial charge in [-0.2, -0.15) is 0 Å². The topological polar surface area (TPSA) is 21.7 Å². The number of aryl methyl sites for hydroxylation is 1. The highest BCUT2D eigenvalue weighted by Crippen LogP contribution is 2.22. The van der Waals surface area contributed by atoms with Gasteiger partial charge in [-0.25, -0.2) is 0 Å². The average molecular weight is 362 g/mol. The molecule has 0 fully saturated rings. The van der Waals surface area contributed by atoms with Crippen LogP contribution in [0.4, 0.5) is 5.69 Å². The predicted molar refractivity (Wildman–Crippen MR) is 112 cm³/mol. The number of ether oxygens (including phenoxy) is 2. The van der Waals surface area contributed by atoms with Gasteiger partial charge in [0.25, 0.3) is 0 Å². The Morgan fingerprint density at radius 1 is 0.741 bits per heavy atom. The van der Waals surface area contributed by atoms with Crippen molar-refractivity contribution in [3.8, 4) is 11.5 Å². The third-order valence-corrected chi connectivity index (χ3v) is 4.54. The Hall–Kier alpha value is -2.94. The molecular weight excluding hydrogens is 334 g/mol. The zero-order valence-electron chi connectivity index (χ0n) is 17.0. The van der Waals surface area contributed by atoms with Crippen molar-refractivity contribution in [3.05, 3.63) is 90.0 Å². The summed E-state index contributed by atoms with van der Waals surface area (Å²) in [7, 11) is 3.34. The summed E-state index contributed by atoms with van der Waals surface area (Å²) in [5.41, 5.74) is 3.44. The highest BCUT2D eigenvalue weighted by atomic mass is 16.5. The lowest BCUT2D eigenvalue weighted by Gasteiger charge is -2.25. The molecule has 0 aliphatic heterocycles. The fraction of sp³-hybridized carbons (Fsp3) is 0.250. The summed E-state index contributed by atoms with van der Waals surface area (Å²) in [6.45, 7) is 0.347. The van der Waals surface area contributed by atoms with Gasteiger partial charge in [0.05, 0.1) is 14.2 Å². The molecule has 0 spiro atoms. The minimum atomic E-state index is -0.351. The van der Waals surface area contributed by atoms with E-state index in [-0.39, 0.29) is 6.52 Å². The van der Waals surface area contributed by atoms with Crippen LogP contribution in [0.5, 0.6) is 11.5 Å². The Labute approximate surface area is 163 Å². The molecule has 3 nitrogen and oxygen atoms in total. The molecule has 0 bridgehead atoms. The summed E-state index contributed by atoms with van der Waals surface area (Å²) in [6.07, 6.45) is 1.59. The van der Waals surface area contributed by atoms with Crippen LogP contribution in [0.25, 0.3) is 0 Å². The van der Waals surface area contributed by atoms with Gasteiger partial charge in [-0.15, -0.1) is 0 Å². The molecule has 0 heterocycles. The highest BCUT2D eigenvalue weighted by Gasteiger charge is 2.08. The standard InChI is InChI=1S/C24H27NO2/c1-26-23-14-10-20(11-15-23)9-6-18-25(19-21-7-4-3-5-8-21)22-12-16-24(27-2)17-13-22/h3-5,7-8,10-17H,6,9,18-19H2,1-2H3/i18D. The SMILES string of the molecule is [2H]C(CCc1ccc(OC)cc1)N(Cc1ccccc1)c1ccc(OC)cc1. The Kier molecular flexibility index (Phi) is 6.26. The maximum Gasteiger partial charge on any atom is 0.119 e. The first-order chi connectivity index (χ1) is 13.7. The maximum absolute atomic E-state index is 8.81. The summed E-state index contributed by atoms with van der Waals surface area (Å²) >= 11 is 0. The second kappa shape index (κ2) is 9.67. The van der Waals surface area contributed by atoms with Crippen molar-refractivity contribution < 1.29 is 10.8 Å². The molecule has 0 N–H and O–H groups in total. The third-order valence-electron chi connectivity index (χ3n) is 4.54. The predicted octanol–water partition coefficient (Wildman–Crippen LogP) is 5.34. The molecule has 0 amide bonds. The van der Waals surface area contributed by atoms with E-state index in [1.54, 1.807) is 14.2 Å². The van der Waals surface area contributed by atoms with Crippen LogP contribution >= 0.6 is 0 Å². The van der Waals surface area contributed by atoms with Crippen LogP contribution < -0.4 is 14.4 Å². The van der Waals surface area contributed by atoms with Gasteiger partial charge in [0, 0.05) is 20.1 Å². The fourth-order valence-corrected chi connectivity index (χ4v) is 2.99. The van der Waals surface area contributed by atoms with Crippen LogP contribution in [0.2, 0.25) is 0 Å². The quantitative estimate of drug-likeness (QED) is 0.513. The number of hydrogen-bond acceptors (Lipinski definition) is 3. The monoisotopic (exact) mass is 362 g/mol. The first-order valence-electron chi connectivity index (χ1n) is 9.77. The van der Waals surface area contributed by atoms with Gasteiger partial charge in [0.1, 0.15) is 11.5 Å². The normalized spacial score (nSPS) is 12.1. The number of methoxy groups -OCH3 is 2. The first kappa shape index (κ1) is 17.5. The van der Waals surface area contributed by atoms with Crippen molar-refractivity contribution >= 4 is 5.69 Å². The Balaban J connectivity index is 1.73. The number of anilines is 1. The molecule has 0 saturated carbocycles. The van der Waals surface area contributed by atoms with Crippen LogP contribution in [0, 0.1) is 0 Å². The summed E-state index contributed by atoms with van der Waals surface area (Å²) in [6, 6.07) is 26.3. The first-order valence-corrected chi connectivity index (χ1v) is 9.19. The smallest absolute Gasteiger partial charge is 0.119 e. The summed E-state index contributed by atoms with van der Waals surface area (Å²) in [4.78, 5) is 2.14. The largest absolute Gasteiger partial charge is 0.497 e. The summed E-state index contributed by atoms with van der Waals surface area (Å²) in [5, 5.41) is 0. The van der Waals surface area contributed by atoms with Crippen molar-refractivity contribution in [3.63, 3.8) is 0 Å². The van der Waals surface area contributed by atoms with E-state index < -0.39 is 0 Å². The molecule has 0 aliphatic rings. The van der Waals surface area contributed by atoms with Crippen molar-refractivity contribution in [2.24, 2.45) is 0 Å². The van der Waals surface area contributed by atoms with E-state index in [0.717, 1.165) is 30.0 Å². The molecule has 3 rings (SSSR count). The Morgan fingerprint density at radius 3 is 1.93 bits per heavy atom. The minimum Gasteiger partial charge on any atom is -0.497 e. The van der Waals surface area contributed by atoms with Crippen LogP contribution in [-0.4, -0.2) is 20.7 Å². The van der Waals surface area contributed by atoms with Crippen molar-refractivity contribution in [1.82, 2.24) is 0 Å². The summed E-state index contributed by atoms with van der Waals surface area (Å²) < 4.78 is 19.3. The van der Waals surface area contributed by atoms with Crippen LogP contribution in [0.15, 0.2) is 78.9 Å². The van der Waals surface area contributed by atoms with Gasteiger partial charge >= 0.3 is 0 Å². The summed E-state index contributed by atoms with van der Waals surface area (Å²) in [5.74, 6) is 1.68. The number of hydrogen-bond donors (Lipinski definition) is 0. The number of nitrogens with zero attached hydrogens (tertiary/aromatic N) is 1. The van der Waals surface area contributed by atoms with E-state index in [1.165, 1.54) is 11.1 Å². The van der Waals surface area contributed by atoms with Gasteiger partial charge in [-0.1, -0.05) is 42.5 Å². The molecule has 0 radical (unpaired) electrons. The minimum absolute atomic E-state index is 0.351. The van der Waals surface area contributed by atoms with Crippen molar-refractivity contribution in [1.29, 1.82) is 0 Å². The second-order valence-corrected chi connectivity index (χ2v) is 6.38. The van der Waals surface area contributed by atoms with E-state index in [4.69, 9.17) is 10.8 Å². The lowest BCUT2D eigenvalue weighted by atomic mass is 10.1. The second-order valence-electron chi connectivity index (χ2n) is 6.38. The number of rotatable bonds is 9. The number of benzene rings is 3. The van der Waals surface area contributed by atoms with Crippen LogP contribution in [-0.2, 0) is 13.0 Å².